The van der Waals surface area contributed by atoms with E-state index in [1.165, 1.54) is 0 Å². The molecule has 1 N–H and O–H groups in total. The topological polar surface area (TPSA) is 57.9 Å². The van der Waals surface area contributed by atoms with E-state index < -0.39 is 0 Å². The van der Waals surface area contributed by atoms with E-state index in [-0.39, 0.29) is 0 Å². The standard InChI is InChI=1S/C18H21N3O/c1-12(2)11-22-6-5-20-18-15(9-19)10-21-17-14(4)7-13(3)8-16(17)18/h7-8,10H,1,5-6,11H2,2-4H3,(H,20,21). The number of hydrogen-bond donors (Lipinski definition) is 1. The zero-order valence-corrected chi connectivity index (χ0v) is 13.4. The van der Waals surface area contributed by atoms with Gasteiger partial charge in [0.25, 0.3) is 0 Å². The van der Waals surface area contributed by atoms with Crippen molar-refractivity contribution in [2.45, 2.75) is 20.8 Å². The van der Waals surface area contributed by atoms with Crippen LogP contribution in [0.4, 0.5) is 5.69 Å². The average Bonchev–Trinajstić information content (AvgIpc) is 2.46. The molecule has 1 aromatic carbocycles. The van der Waals surface area contributed by atoms with Crippen LogP contribution in [-0.2, 0) is 4.74 Å². The Balaban J connectivity index is 2.26. The van der Waals surface area contributed by atoms with Crippen LogP contribution in [0, 0.1) is 25.2 Å². The van der Waals surface area contributed by atoms with Gasteiger partial charge in [-0.25, -0.2) is 0 Å². The molecular formula is C18H21N3O. The van der Waals surface area contributed by atoms with Gasteiger partial charge < -0.3 is 10.1 Å². The number of fused-ring (bicyclic) bond motifs is 1. The van der Waals surface area contributed by atoms with Gasteiger partial charge in [0.15, 0.2) is 0 Å². The minimum Gasteiger partial charge on any atom is -0.381 e. The molecule has 0 bridgehead atoms. The third-order valence-corrected chi connectivity index (χ3v) is 3.32. The highest BCUT2D eigenvalue weighted by Crippen LogP contribution is 2.28. The first-order valence-corrected chi connectivity index (χ1v) is 7.29. The molecule has 114 valence electrons. The number of anilines is 1. The maximum atomic E-state index is 9.32. The molecule has 0 amide bonds. The van der Waals surface area contributed by atoms with Crippen LogP contribution in [-0.4, -0.2) is 24.7 Å². The molecule has 1 aromatic heterocycles. The lowest BCUT2D eigenvalue weighted by Crippen LogP contribution is -2.12. The second kappa shape index (κ2) is 7.06. The smallest absolute Gasteiger partial charge is 0.103 e. The number of rotatable bonds is 6. The molecule has 0 atom stereocenters. The van der Waals surface area contributed by atoms with Crippen LogP contribution >= 0.6 is 0 Å². The molecule has 0 saturated heterocycles. The maximum absolute atomic E-state index is 9.32. The van der Waals surface area contributed by atoms with Gasteiger partial charge in [-0.05, 0) is 32.4 Å². The highest BCUT2D eigenvalue weighted by atomic mass is 16.5. The van der Waals surface area contributed by atoms with E-state index >= 15 is 0 Å². The van der Waals surface area contributed by atoms with Crippen molar-refractivity contribution in [3.63, 3.8) is 0 Å². The summed E-state index contributed by atoms with van der Waals surface area (Å²) in [5.41, 5.74) is 5.58. The van der Waals surface area contributed by atoms with Crippen LogP contribution in [0.1, 0.15) is 23.6 Å². The number of nitriles is 1. The summed E-state index contributed by atoms with van der Waals surface area (Å²) in [4.78, 5) is 4.42. The molecule has 22 heavy (non-hydrogen) atoms. The van der Waals surface area contributed by atoms with Crippen molar-refractivity contribution in [2.75, 3.05) is 25.1 Å². The molecule has 2 rings (SSSR count). The first-order chi connectivity index (χ1) is 10.5. The molecule has 0 fully saturated rings. The zero-order valence-electron chi connectivity index (χ0n) is 13.4. The maximum Gasteiger partial charge on any atom is 0.103 e. The Hall–Kier alpha value is -2.38. The largest absolute Gasteiger partial charge is 0.381 e. The molecule has 0 radical (unpaired) electrons. The van der Waals surface area contributed by atoms with Crippen LogP contribution in [0.3, 0.4) is 0 Å². The molecule has 0 aliphatic heterocycles. The van der Waals surface area contributed by atoms with Gasteiger partial charge in [0.05, 0.1) is 30.0 Å². The third-order valence-electron chi connectivity index (χ3n) is 3.32. The SMILES string of the molecule is C=C(C)COCCNc1c(C#N)cnc2c(C)cc(C)cc12. The first-order valence-electron chi connectivity index (χ1n) is 7.29. The zero-order chi connectivity index (χ0) is 16.1. The molecule has 2 aromatic rings. The summed E-state index contributed by atoms with van der Waals surface area (Å²) in [5, 5.41) is 13.6. The predicted octanol–water partition coefficient (Wildman–Crippen LogP) is 3.73. The quantitative estimate of drug-likeness (QED) is 0.651. The van der Waals surface area contributed by atoms with Crippen LogP contribution in [0.25, 0.3) is 10.9 Å². The first kappa shape index (κ1) is 16.0. The Morgan fingerprint density at radius 2 is 2.18 bits per heavy atom. The van der Waals surface area contributed by atoms with Crippen LogP contribution in [0.5, 0.6) is 0 Å². The molecule has 1 heterocycles. The van der Waals surface area contributed by atoms with Crippen molar-refractivity contribution in [3.05, 3.63) is 47.2 Å². The molecule has 4 heteroatoms. The molecule has 0 saturated carbocycles. The highest BCUT2D eigenvalue weighted by Gasteiger charge is 2.10. The second-order valence-electron chi connectivity index (χ2n) is 5.57. The molecule has 0 unspecified atom stereocenters. The van der Waals surface area contributed by atoms with Gasteiger partial charge in [-0.2, -0.15) is 5.26 Å². The molecular weight excluding hydrogens is 274 g/mol. The van der Waals surface area contributed by atoms with Gasteiger partial charge in [-0.3, -0.25) is 4.98 Å². The lowest BCUT2D eigenvalue weighted by Gasteiger charge is -2.13. The Morgan fingerprint density at radius 3 is 2.86 bits per heavy atom. The molecule has 0 aliphatic carbocycles. The van der Waals surface area contributed by atoms with E-state index in [9.17, 15) is 5.26 Å². The van der Waals surface area contributed by atoms with Crippen molar-refractivity contribution >= 4 is 16.6 Å². The normalized spacial score (nSPS) is 10.5. The average molecular weight is 295 g/mol. The predicted molar refractivity (Wildman–Crippen MR) is 90.1 cm³/mol. The van der Waals surface area contributed by atoms with Crippen molar-refractivity contribution < 1.29 is 4.74 Å². The van der Waals surface area contributed by atoms with Gasteiger partial charge >= 0.3 is 0 Å². The van der Waals surface area contributed by atoms with Crippen molar-refractivity contribution in [1.82, 2.24) is 4.98 Å². The van der Waals surface area contributed by atoms with Crippen molar-refractivity contribution in [3.8, 4) is 6.07 Å². The Bertz CT molecular complexity index is 744. The van der Waals surface area contributed by atoms with Gasteiger partial charge in [0.1, 0.15) is 6.07 Å². The van der Waals surface area contributed by atoms with Gasteiger partial charge in [0, 0.05) is 18.1 Å². The lowest BCUT2D eigenvalue weighted by atomic mass is 10.0. The van der Waals surface area contributed by atoms with Gasteiger partial charge in [-0.15, -0.1) is 0 Å². The second-order valence-corrected chi connectivity index (χ2v) is 5.57. The monoisotopic (exact) mass is 295 g/mol. The van der Waals surface area contributed by atoms with E-state index in [4.69, 9.17) is 4.74 Å². The summed E-state index contributed by atoms with van der Waals surface area (Å²) < 4.78 is 5.49. The van der Waals surface area contributed by atoms with Gasteiger partial charge in [0.2, 0.25) is 0 Å². The Kier molecular flexibility index (Phi) is 5.13. The number of pyridine rings is 1. The summed E-state index contributed by atoms with van der Waals surface area (Å²) in [6.07, 6.45) is 1.63. The minimum absolute atomic E-state index is 0.553. The Morgan fingerprint density at radius 1 is 1.41 bits per heavy atom. The van der Waals surface area contributed by atoms with E-state index in [1.807, 2.05) is 20.8 Å². The third kappa shape index (κ3) is 3.63. The number of benzene rings is 1. The molecule has 0 spiro atoms. The van der Waals surface area contributed by atoms with E-state index in [0.717, 1.165) is 33.3 Å². The number of hydrogen-bond acceptors (Lipinski definition) is 4. The van der Waals surface area contributed by atoms with E-state index in [1.54, 1.807) is 6.20 Å². The summed E-state index contributed by atoms with van der Waals surface area (Å²) >= 11 is 0. The number of aromatic nitrogens is 1. The van der Waals surface area contributed by atoms with Crippen molar-refractivity contribution in [1.29, 1.82) is 5.26 Å². The highest BCUT2D eigenvalue weighted by molar-refractivity contribution is 5.96. The molecule has 4 nitrogen and oxygen atoms in total. The van der Waals surface area contributed by atoms with Gasteiger partial charge in [-0.1, -0.05) is 23.8 Å². The Labute approximate surface area is 131 Å². The fraction of sp³-hybridized carbons (Fsp3) is 0.333. The number of ether oxygens (including phenoxy) is 1. The summed E-state index contributed by atoms with van der Waals surface area (Å²) in [7, 11) is 0. The summed E-state index contributed by atoms with van der Waals surface area (Å²) in [6, 6.07) is 6.37. The minimum atomic E-state index is 0.553. The van der Waals surface area contributed by atoms with Crippen LogP contribution < -0.4 is 5.32 Å². The fourth-order valence-corrected chi connectivity index (χ4v) is 2.43. The summed E-state index contributed by atoms with van der Waals surface area (Å²) in [6.45, 7) is 11.6. The lowest BCUT2D eigenvalue weighted by molar-refractivity contribution is 0.167. The van der Waals surface area contributed by atoms with E-state index in [0.29, 0.717) is 25.3 Å². The fourth-order valence-electron chi connectivity index (χ4n) is 2.43. The molecule has 0 aliphatic rings. The van der Waals surface area contributed by atoms with Crippen molar-refractivity contribution in [2.24, 2.45) is 0 Å². The van der Waals surface area contributed by atoms with E-state index in [2.05, 4.69) is 35.1 Å². The van der Waals surface area contributed by atoms with Crippen LogP contribution in [0.15, 0.2) is 30.5 Å². The van der Waals surface area contributed by atoms with Crippen LogP contribution in [0.2, 0.25) is 0 Å². The number of nitrogens with zero attached hydrogens (tertiary/aromatic N) is 2. The summed E-state index contributed by atoms with van der Waals surface area (Å²) in [5.74, 6) is 0. The number of aryl methyl sites for hydroxylation is 2. The number of nitrogens with one attached hydrogen (secondary N) is 1.